The molecule has 2 rings (SSSR count). The lowest BCUT2D eigenvalue weighted by atomic mass is 10.3. The Morgan fingerprint density at radius 1 is 1.44 bits per heavy atom. The summed E-state index contributed by atoms with van der Waals surface area (Å²) in [4.78, 5) is 3.93. The van der Waals surface area contributed by atoms with Gasteiger partial charge in [-0.15, -0.1) is 0 Å². The summed E-state index contributed by atoms with van der Waals surface area (Å²) < 4.78 is 38.2. The number of hydrogen-bond donors (Lipinski definition) is 1. The van der Waals surface area contributed by atoms with Gasteiger partial charge in [-0.2, -0.15) is 13.2 Å². The van der Waals surface area contributed by atoms with E-state index >= 15 is 0 Å². The molecule has 2 aromatic heterocycles. The van der Waals surface area contributed by atoms with Crippen LogP contribution < -0.4 is 5.73 Å². The molecule has 2 aromatic rings. The van der Waals surface area contributed by atoms with Crippen molar-refractivity contribution >= 4 is 16.7 Å². The molecule has 0 aliphatic rings. The van der Waals surface area contributed by atoms with Crippen LogP contribution in [0.2, 0.25) is 0 Å². The molecule has 6 heteroatoms. The molecule has 86 valence electrons. The molecular weight excluding hydrogens is 219 g/mol. The van der Waals surface area contributed by atoms with Gasteiger partial charge in [0.15, 0.2) is 0 Å². The summed E-state index contributed by atoms with van der Waals surface area (Å²) >= 11 is 0. The number of anilines is 1. The number of rotatable bonds is 1. The minimum absolute atomic E-state index is 0.273. The second-order valence-electron chi connectivity index (χ2n) is 3.62. The van der Waals surface area contributed by atoms with Crippen molar-refractivity contribution in [1.29, 1.82) is 0 Å². The number of nitrogens with two attached hydrogens (primary N) is 1. The van der Waals surface area contributed by atoms with Gasteiger partial charge in [-0.25, -0.2) is 4.98 Å². The molecular formula is C10H10F3N3. The van der Waals surface area contributed by atoms with E-state index in [1.54, 1.807) is 19.1 Å². The van der Waals surface area contributed by atoms with Gasteiger partial charge in [-0.1, -0.05) is 0 Å². The molecule has 0 atom stereocenters. The Balaban J connectivity index is 2.61. The maximum absolute atomic E-state index is 12.3. The Morgan fingerprint density at radius 2 is 2.12 bits per heavy atom. The largest absolute Gasteiger partial charge is 0.406 e. The van der Waals surface area contributed by atoms with E-state index in [0.717, 1.165) is 4.57 Å². The molecule has 0 radical (unpaired) electrons. The standard InChI is InChI=1S/C10H10F3N3/c1-6-4-7-8(14)2-3-15-9(7)16(6)5-10(11,12)13/h2-4H,5H2,1H3,(H2,14,15). The number of fused-ring (bicyclic) bond motifs is 1. The van der Waals surface area contributed by atoms with E-state index in [4.69, 9.17) is 5.73 Å². The average molecular weight is 229 g/mol. The maximum Gasteiger partial charge on any atom is 0.406 e. The van der Waals surface area contributed by atoms with E-state index in [1.807, 2.05) is 0 Å². The Bertz CT molecular complexity index is 528. The van der Waals surface area contributed by atoms with Crippen LogP contribution in [0, 0.1) is 6.92 Å². The third-order valence-electron chi connectivity index (χ3n) is 2.37. The van der Waals surface area contributed by atoms with Crippen molar-refractivity contribution in [2.75, 3.05) is 5.73 Å². The normalized spacial score (nSPS) is 12.2. The zero-order chi connectivity index (χ0) is 11.9. The second-order valence-corrected chi connectivity index (χ2v) is 3.62. The molecule has 0 aromatic carbocycles. The first kappa shape index (κ1) is 10.8. The van der Waals surface area contributed by atoms with Crippen LogP contribution in [-0.4, -0.2) is 15.7 Å². The Kier molecular flexibility index (Phi) is 2.29. The smallest absolute Gasteiger partial charge is 0.398 e. The Hall–Kier alpha value is -1.72. The quantitative estimate of drug-likeness (QED) is 0.816. The molecule has 0 fully saturated rings. The van der Waals surface area contributed by atoms with Crippen molar-refractivity contribution in [3.05, 3.63) is 24.0 Å². The van der Waals surface area contributed by atoms with Crippen molar-refractivity contribution in [2.24, 2.45) is 0 Å². The SMILES string of the molecule is Cc1cc2c(N)ccnc2n1CC(F)(F)F. The molecule has 0 unspecified atom stereocenters. The molecule has 0 amide bonds. The van der Waals surface area contributed by atoms with Gasteiger partial charge in [0.25, 0.3) is 0 Å². The molecule has 3 nitrogen and oxygen atoms in total. The zero-order valence-corrected chi connectivity index (χ0v) is 8.54. The molecule has 0 aliphatic heterocycles. The van der Waals surface area contributed by atoms with Gasteiger partial charge >= 0.3 is 6.18 Å². The third kappa shape index (κ3) is 1.82. The number of halogens is 3. The van der Waals surface area contributed by atoms with E-state index in [1.165, 1.54) is 6.20 Å². The van der Waals surface area contributed by atoms with Gasteiger partial charge in [0.1, 0.15) is 12.2 Å². The first-order valence-corrected chi connectivity index (χ1v) is 4.65. The third-order valence-corrected chi connectivity index (χ3v) is 2.37. The first-order chi connectivity index (χ1) is 7.38. The van der Waals surface area contributed by atoms with Gasteiger partial charge in [0, 0.05) is 23.0 Å². The van der Waals surface area contributed by atoms with Crippen LogP contribution in [0.4, 0.5) is 18.9 Å². The summed E-state index contributed by atoms with van der Waals surface area (Å²) in [5.74, 6) is 0. The van der Waals surface area contributed by atoms with Crippen LogP contribution in [0.1, 0.15) is 5.69 Å². The highest BCUT2D eigenvalue weighted by Gasteiger charge is 2.29. The van der Waals surface area contributed by atoms with E-state index in [0.29, 0.717) is 16.8 Å². The lowest BCUT2D eigenvalue weighted by Crippen LogP contribution is -2.18. The number of aryl methyl sites for hydroxylation is 1. The van der Waals surface area contributed by atoms with Gasteiger partial charge in [-0.3, -0.25) is 0 Å². The highest BCUT2D eigenvalue weighted by molar-refractivity contribution is 5.89. The van der Waals surface area contributed by atoms with Crippen molar-refractivity contribution in [1.82, 2.24) is 9.55 Å². The van der Waals surface area contributed by atoms with Gasteiger partial charge in [0.2, 0.25) is 0 Å². The predicted octanol–water partition coefficient (Wildman–Crippen LogP) is 2.49. The summed E-state index contributed by atoms with van der Waals surface area (Å²) in [6.07, 6.45) is -2.85. The predicted molar refractivity (Wildman–Crippen MR) is 54.9 cm³/mol. The number of pyridine rings is 1. The average Bonchev–Trinajstić information content (AvgIpc) is 2.44. The van der Waals surface area contributed by atoms with Crippen LogP contribution in [-0.2, 0) is 6.54 Å². The van der Waals surface area contributed by atoms with Gasteiger partial charge < -0.3 is 10.3 Å². The first-order valence-electron chi connectivity index (χ1n) is 4.65. The van der Waals surface area contributed by atoms with Gasteiger partial charge in [0.05, 0.1) is 0 Å². The van der Waals surface area contributed by atoms with Crippen LogP contribution in [0.15, 0.2) is 18.3 Å². The highest BCUT2D eigenvalue weighted by atomic mass is 19.4. The van der Waals surface area contributed by atoms with E-state index < -0.39 is 12.7 Å². The number of hydrogen-bond acceptors (Lipinski definition) is 2. The zero-order valence-electron chi connectivity index (χ0n) is 8.54. The summed E-state index contributed by atoms with van der Waals surface area (Å²) in [5.41, 5.74) is 6.88. The monoisotopic (exact) mass is 229 g/mol. The number of nitrogens with zero attached hydrogens (tertiary/aromatic N) is 2. The van der Waals surface area contributed by atoms with Crippen LogP contribution in [0.25, 0.3) is 11.0 Å². The van der Waals surface area contributed by atoms with Crippen molar-refractivity contribution in [2.45, 2.75) is 19.6 Å². The summed E-state index contributed by atoms with van der Waals surface area (Å²) in [7, 11) is 0. The van der Waals surface area contributed by atoms with E-state index in [-0.39, 0.29) is 5.65 Å². The molecule has 2 N–H and O–H groups in total. The summed E-state index contributed by atoms with van der Waals surface area (Å²) in [5, 5.41) is 0.559. The molecule has 0 bridgehead atoms. The fraction of sp³-hybridized carbons (Fsp3) is 0.300. The topological polar surface area (TPSA) is 43.8 Å². The highest BCUT2D eigenvalue weighted by Crippen LogP contribution is 2.26. The molecule has 0 saturated carbocycles. The fourth-order valence-electron chi connectivity index (χ4n) is 1.67. The number of nitrogen functional groups attached to an aromatic ring is 1. The van der Waals surface area contributed by atoms with Crippen LogP contribution >= 0.6 is 0 Å². The lowest BCUT2D eigenvalue weighted by molar-refractivity contribution is -0.140. The van der Waals surface area contributed by atoms with Crippen molar-refractivity contribution in [3.8, 4) is 0 Å². The molecule has 0 spiro atoms. The lowest BCUT2D eigenvalue weighted by Gasteiger charge is -2.10. The molecule has 2 heterocycles. The van der Waals surface area contributed by atoms with Gasteiger partial charge in [-0.05, 0) is 19.1 Å². The minimum atomic E-state index is -4.26. The second kappa shape index (κ2) is 3.40. The number of aromatic nitrogens is 2. The van der Waals surface area contributed by atoms with E-state index in [9.17, 15) is 13.2 Å². The Morgan fingerprint density at radius 3 is 2.75 bits per heavy atom. The Labute approximate surface area is 89.7 Å². The summed E-state index contributed by atoms with van der Waals surface area (Å²) in [6.45, 7) is 0.561. The molecule has 0 saturated heterocycles. The summed E-state index contributed by atoms with van der Waals surface area (Å²) in [6, 6.07) is 3.18. The minimum Gasteiger partial charge on any atom is -0.398 e. The maximum atomic E-state index is 12.3. The van der Waals surface area contributed by atoms with Crippen molar-refractivity contribution < 1.29 is 13.2 Å². The fourth-order valence-corrected chi connectivity index (χ4v) is 1.67. The van der Waals surface area contributed by atoms with E-state index in [2.05, 4.69) is 4.98 Å². The molecule has 0 aliphatic carbocycles. The number of alkyl halides is 3. The molecule has 16 heavy (non-hydrogen) atoms. The van der Waals surface area contributed by atoms with Crippen molar-refractivity contribution in [3.63, 3.8) is 0 Å². The van der Waals surface area contributed by atoms with Crippen LogP contribution in [0.5, 0.6) is 0 Å². The van der Waals surface area contributed by atoms with Crippen LogP contribution in [0.3, 0.4) is 0 Å².